The van der Waals surface area contributed by atoms with Crippen molar-refractivity contribution in [1.82, 2.24) is 4.98 Å². The molecule has 2 heteroatoms. The Bertz CT molecular complexity index is 1290. The van der Waals surface area contributed by atoms with Gasteiger partial charge >= 0.3 is 0 Å². The number of rotatable bonds is 0. The molecule has 35 heavy (non-hydrogen) atoms. The van der Waals surface area contributed by atoms with Gasteiger partial charge in [-0.15, -0.1) is 0 Å². The van der Waals surface area contributed by atoms with Gasteiger partial charge in [-0.25, -0.2) is 0 Å². The summed E-state index contributed by atoms with van der Waals surface area (Å²) in [7, 11) is 0. The normalized spacial score (nSPS) is 12.8. The highest BCUT2D eigenvalue weighted by Crippen LogP contribution is 2.35. The molecule has 0 saturated heterocycles. The van der Waals surface area contributed by atoms with Crippen molar-refractivity contribution in [2.45, 2.75) is 68.7 Å². The fourth-order valence-corrected chi connectivity index (χ4v) is 4.38. The monoisotopic (exact) mass is 470 g/mol. The predicted octanol–water partition coefficient (Wildman–Crippen LogP) is 10.8. The number of aryl methyl sites for hydroxylation is 2. The van der Waals surface area contributed by atoms with Gasteiger partial charge in [-0.1, -0.05) is 102 Å². The smallest absolute Gasteiger partial charge is 0.0494 e. The topological polar surface area (TPSA) is 24.9 Å². The Balaban J connectivity index is 0.00000152. The summed E-state index contributed by atoms with van der Waals surface area (Å²) in [6.45, 7) is 18.4. The van der Waals surface area contributed by atoms with Crippen molar-refractivity contribution < 1.29 is 2.85 Å². The second-order valence-corrected chi connectivity index (χ2v) is 8.05. The Morgan fingerprint density at radius 3 is 2.23 bits per heavy atom. The van der Waals surface area contributed by atoms with Gasteiger partial charge in [0.25, 0.3) is 0 Å². The first-order valence-electron chi connectivity index (χ1n) is 13.1. The van der Waals surface area contributed by atoms with E-state index in [1.807, 2.05) is 41.5 Å². The Morgan fingerprint density at radius 2 is 1.49 bits per heavy atom. The van der Waals surface area contributed by atoms with Crippen LogP contribution in [0.1, 0.15) is 73.8 Å². The minimum absolute atomic E-state index is 0. The summed E-state index contributed by atoms with van der Waals surface area (Å²) in [5, 5.41) is 6.24. The van der Waals surface area contributed by atoms with E-state index in [1.165, 1.54) is 38.6 Å². The Labute approximate surface area is 216 Å². The largest absolute Gasteiger partial charge is 0.355 e. The molecule has 0 saturated carbocycles. The van der Waals surface area contributed by atoms with Crippen molar-refractivity contribution in [3.63, 3.8) is 0 Å². The number of benzene rings is 3. The van der Waals surface area contributed by atoms with E-state index in [1.54, 1.807) is 0 Å². The van der Waals surface area contributed by atoms with Crippen LogP contribution in [0.15, 0.2) is 72.3 Å². The van der Waals surface area contributed by atoms with Crippen LogP contribution >= 0.6 is 0 Å². The molecule has 0 unspecified atom stereocenters. The highest BCUT2D eigenvalue weighted by Gasteiger charge is 2.12. The third kappa shape index (κ3) is 6.60. The van der Waals surface area contributed by atoms with Gasteiger partial charge in [-0.2, -0.15) is 0 Å². The second-order valence-electron chi connectivity index (χ2n) is 8.05. The maximum atomic E-state index is 4.70. The number of nitrogens with zero attached hydrogens (tertiary/aromatic N) is 1. The Morgan fingerprint density at radius 1 is 0.771 bits per heavy atom. The number of aromatic nitrogens is 1. The molecule has 4 aromatic rings. The molecule has 3 aromatic carbocycles. The van der Waals surface area contributed by atoms with Crippen molar-refractivity contribution in [3.8, 4) is 11.1 Å². The van der Waals surface area contributed by atoms with Gasteiger partial charge < -0.3 is 5.32 Å². The molecule has 0 fully saturated rings. The van der Waals surface area contributed by atoms with Crippen molar-refractivity contribution in [2.75, 3.05) is 5.32 Å². The summed E-state index contributed by atoms with van der Waals surface area (Å²) < 4.78 is 0. The molecule has 0 radical (unpaired) electrons. The summed E-state index contributed by atoms with van der Waals surface area (Å²) in [6, 6.07) is 24.2. The fraction of sp³-hybridized carbons (Fsp3) is 0.303. The lowest BCUT2D eigenvalue weighted by Gasteiger charge is -2.17. The zero-order valence-electron chi connectivity index (χ0n) is 23.1. The maximum absolute atomic E-state index is 4.70. The molecule has 0 spiro atoms. The highest BCUT2D eigenvalue weighted by atomic mass is 14.9. The van der Waals surface area contributed by atoms with Crippen LogP contribution < -0.4 is 5.32 Å². The van der Waals surface area contributed by atoms with E-state index in [9.17, 15) is 0 Å². The van der Waals surface area contributed by atoms with E-state index in [2.05, 4.69) is 98.9 Å². The van der Waals surface area contributed by atoms with Crippen LogP contribution in [0, 0.1) is 13.8 Å². The molecule has 2 nitrogen and oxygen atoms in total. The molecule has 1 aliphatic rings. The molecule has 1 aliphatic heterocycles. The summed E-state index contributed by atoms with van der Waals surface area (Å²) >= 11 is 0. The van der Waals surface area contributed by atoms with E-state index >= 15 is 0 Å². The molecule has 0 aliphatic carbocycles. The first kappa shape index (κ1) is 27.9. The van der Waals surface area contributed by atoms with Gasteiger partial charge in [-0.3, -0.25) is 4.98 Å². The van der Waals surface area contributed by atoms with Crippen LogP contribution in [0.2, 0.25) is 0 Å². The quantitative estimate of drug-likeness (QED) is 0.276. The van der Waals surface area contributed by atoms with E-state index < -0.39 is 0 Å². The number of fused-ring (bicyclic) bond motifs is 8. The third-order valence-corrected chi connectivity index (χ3v) is 5.63. The van der Waals surface area contributed by atoms with Crippen molar-refractivity contribution in [1.29, 1.82) is 0 Å². The zero-order chi connectivity index (χ0) is 26.0. The third-order valence-electron chi connectivity index (χ3n) is 5.63. The first-order chi connectivity index (χ1) is 17.1. The molecule has 1 N–H and O–H groups in total. The average molecular weight is 471 g/mol. The molecule has 0 atom stereocenters. The summed E-state index contributed by atoms with van der Waals surface area (Å²) in [5.41, 5.74) is 10.6. The standard InChI is InChI=1S/C27H24N2.3C2H6.2H2/c1-17-11-20-14-21-7-4-5-10-24(21)26(15-20)22-8-6-9-23(16-22)29-27-13-18(2)28-19(3)25(27)12-17;3*1-2;;/h4-10,12-16,29H,11H2,1-3H3;3*1-2H3;2*1H/b17-12+;;;;;. The van der Waals surface area contributed by atoms with Gasteiger partial charge in [0.05, 0.1) is 0 Å². The lowest BCUT2D eigenvalue weighted by atomic mass is 9.92. The van der Waals surface area contributed by atoms with Crippen LogP contribution in [-0.2, 0) is 6.42 Å². The van der Waals surface area contributed by atoms with Crippen LogP contribution in [0.3, 0.4) is 0 Å². The molecular formula is C33H46N2. The van der Waals surface area contributed by atoms with Gasteiger partial charge in [0.1, 0.15) is 0 Å². The van der Waals surface area contributed by atoms with E-state index in [0.717, 1.165) is 29.2 Å². The zero-order valence-corrected chi connectivity index (χ0v) is 23.1. The van der Waals surface area contributed by atoms with E-state index in [0.29, 0.717) is 0 Å². The van der Waals surface area contributed by atoms with Crippen LogP contribution in [-0.4, -0.2) is 4.98 Å². The molecule has 2 heterocycles. The maximum Gasteiger partial charge on any atom is 0.0494 e. The second kappa shape index (κ2) is 13.5. The predicted molar refractivity (Wildman–Crippen MR) is 162 cm³/mol. The lowest BCUT2D eigenvalue weighted by molar-refractivity contribution is 1.11. The van der Waals surface area contributed by atoms with Gasteiger partial charge in [-0.05, 0) is 72.9 Å². The van der Waals surface area contributed by atoms with Crippen LogP contribution in [0.4, 0.5) is 11.4 Å². The highest BCUT2D eigenvalue weighted by molar-refractivity contribution is 5.98. The minimum Gasteiger partial charge on any atom is -0.355 e. The molecular weight excluding hydrogens is 424 g/mol. The van der Waals surface area contributed by atoms with Crippen molar-refractivity contribution in [2.24, 2.45) is 0 Å². The summed E-state index contributed by atoms with van der Waals surface area (Å²) in [4.78, 5) is 4.70. The van der Waals surface area contributed by atoms with Gasteiger partial charge in [0, 0.05) is 31.2 Å². The van der Waals surface area contributed by atoms with Crippen molar-refractivity contribution >= 4 is 28.2 Å². The Hall–Kier alpha value is -3.39. The number of allylic oxidation sites excluding steroid dienone is 1. The van der Waals surface area contributed by atoms with E-state index in [-0.39, 0.29) is 2.85 Å². The number of hydrogen-bond donors (Lipinski definition) is 1. The molecule has 4 bridgehead atoms. The average Bonchev–Trinajstić information content (AvgIpc) is 2.89. The molecule has 5 rings (SSSR count). The fourth-order valence-electron chi connectivity index (χ4n) is 4.38. The SMILES string of the molecule is C/C1=C\c2c(cc(C)nc2C)Nc2cccc(c2)-c2cc(cc3ccccc23)C1.CC.CC.CC.[HH].[HH]. The minimum atomic E-state index is 0. The summed E-state index contributed by atoms with van der Waals surface area (Å²) in [6.07, 6.45) is 3.20. The number of nitrogens with one attached hydrogen (secondary N) is 1. The van der Waals surface area contributed by atoms with Crippen LogP contribution in [0.25, 0.3) is 28.0 Å². The molecule has 1 aromatic heterocycles. The lowest BCUT2D eigenvalue weighted by Crippen LogP contribution is -2.01. The Kier molecular flexibility index (Phi) is 10.7. The van der Waals surface area contributed by atoms with E-state index in [4.69, 9.17) is 4.98 Å². The van der Waals surface area contributed by atoms with Gasteiger partial charge in [0.2, 0.25) is 0 Å². The number of hydrogen-bond acceptors (Lipinski definition) is 2. The van der Waals surface area contributed by atoms with Crippen molar-refractivity contribution in [3.05, 3.63) is 94.8 Å². The summed E-state index contributed by atoms with van der Waals surface area (Å²) in [5.74, 6) is 0. The van der Waals surface area contributed by atoms with Gasteiger partial charge in [0.15, 0.2) is 0 Å². The molecule has 0 amide bonds. The molecule has 188 valence electrons. The van der Waals surface area contributed by atoms with Crippen LogP contribution in [0.5, 0.6) is 0 Å². The number of anilines is 2. The number of pyridine rings is 1. The first-order valence-corrected chi connectivity index (χ1v) is 13.1.